The van der Waals surface area contributed by atoms with Crippen molar-refractivity contribution < 1.29 is 26.7 Å². The first-order chi connectivity index (χ1) is 10.8. The third-order valence-electron chi connectivity index (χ3n) is 3.26. The van der Waals surface area contributed by atoms with Crippen molar-refractivity contribution in [3.63, 3.8) is 0 Å². The summed E-state index contributed by atoms with van der Waals surface area (Å²) in [5.41, 5.74) is 0.808. The van der Waals surface area contributed by atoms with Gasteiger partial charge in [-0.3, -0.25) is 0 Å². The number of alkyl halides is 5. The molecule has 23 heavy (non-hydrogen) atoms. The first-order valence-electron chi connectivity index (χ1n) is 6.97. The molecule has 1 aliphatic rings. The van der Waals surface area contributed by atoms with Crippen LogP contribution in [0.1, 0.15) is 12.0 Å². The molecule has 0 aliphatic heterocycles. The number of benzene rings is 1. The molecule has 1 aromatic rings. The van der Waals surface area contributed by atoms with Crippen LogP contribution in [-0.2, 0) is 0 Å². The van der Waals surface area contributed by atoms with Crippen molar-refractivity contribution in [1.29, 1.82) is 0 Å². The Morgan fingerprint density at radius 3 is 2.30 bits per heavy atom. The van der Waals surface area contributed by atoms with Crippen LogP contribution in [-0.4, -0.2) is 18.7 Å². The Balaban J connectivity index is 1.91. The van der Waals surface area contributed by atoms with Gasteiger partial charge in [0.05, 0.1) is 0 Å². The van der Waals surface area contributed by atoms with Gasteiger partial charge in [0.2, 0.25) is 0 Å². The van der Waals surface area contributed by atoms with Crippen molar-refractivity contribution in [2.24, 2.45) is 5.92 Å². The van der Waals surface area contributed by atoms with E-state index in [-0.39, 0.29) is 5.75 Å². The average molecular weight is 330 g/mol. The van der Waals surface area contributed by atoms with Crippen LogP contribution >= 0.6 is 0 Å². The summed E-state index contributed by atoms with van der Waals surface area (Å²) < 4.78 is 66.1. The zero-order valence-electron chi connectivity index (χ0n) is 12.1. The molecule has 0 saturated carbocycles. The van der Waals surface area contributed by atoms with Gasteiger partial charge in [-0.15, -0.1) is 0 Å². The summed E-state index contributed by atoms with van der Waals surface area (Å²) in [6, 6.07) is 5.92. The smallest absolute Gasteiger partial charge is 0.456 e. The highest BCUT2D eigenvalue weighted by Gasteiger charge is 2.58. The number of ether oxygens (including phenoxy) is 1. The minimum Gasteiger partial charge on any atom is -0.487 e. The van der Waals surface area contributed by atoms with E-state index in [9.17, 15) is 22.0 Å². The van der Waals surface area contributed by atoms with Gasteiger partial charge in [-0.1, -0.05) is 48.6 Å². The molecule has 1 atom stereocenters. The second kappa shape index (κ2) is 6.98. The van der Waals surface area contributed by atoms with E-state index >= 15 is 0 Å². The van der Waals surface area contributed by atoms with E-state index in [1.165, 1.54) is 12.1 Å². The molecule has 0 bridgehead atoms. The zero-order chi connectivity index (χ0) is 16.9. The maximum absolute atomic E-state index is 12.7. The van der Waals surface area contributed by atoms with Gasteiger partial charge >= 0.3 is 12.1 Å². The van der Waals surface area contributed by atoms with E-state index in [2.05, 4.69) is 4.74 Å². The fourth-order valence-corrected chi connectivity index (χ4v) is 1.91. The maximum Gasteiger partial charge on any atom is 0.456 e. The molecule has 1 aromatic carbocycles. The van der Waals surface area contributed by atoms with Crippen LogP contribution in [0.15, 0.2) is 54.6 Å². The van der Waals surface area contributed by atoms with Crippen LogP contribution in [0.25, 0.3) is 6.08 Å². The van der Waals surface area contributed by atoms with E-state index in [1.54, 1.807) is 12.1 Å². The van der Waals surface area contributed by atoms with E-state index in [4.69, 9.17) is 0 Å². The Hall–Kier alpha value is -2.11. The van der Waals surface area contributed by atoms with Crippen LogP contribution in [0, 0.1) is 5.92 Å². The van der Waals surface area contributed by atoms with Crippen molar-refractivity contribution in [3.8, 4) is 5.75 Å². The Kier molecular flexibility index (Phi) is 5.23. The van der Waals surface area contributed by atoms with Gasteiger partial charge in [0.1, 0.15) is 5.75 Å². The topological polar surface area (TPSA) is 9.23 Å². The summed E-state index contributed by atoms with van der Waals surface area (Å²) in [4.78, 5) is 0. The molecule has 0 radical (unpaired) electrons. The van der Waals surface area contributed by atoms with Crippen molar-refractivity contribution in [3.05, 3.63) is 60.2 Å². The molecule has 1 nitrogen and oxygen atoms in total. The molecular formula is C17H15F5O. The van der Waals surface area contributed by atoms with Gasteiger partial charge < -0.3 is 4.74 Å². The van der Waals surface area contributed by atoms with Crippen LogP contribution < -0.4 is 4.74 Å². The largest absolute Gasteiger partial charge is 0.487 e. The minimum absolute atomic E-state index is 0.0356. The lowest BCUT2D eigenvalue weighted by Gasteiger charge is -2.19. The predicted octanol–water partition coefficient (Wildman–Crippen LogP) is 5.41. The second-order valence-electron chi connectivity index (χ2n) is 5.13. The minimum atomic E-state index is -5.61. The van der Waals surface area contributed by atoms with Crippen molar-refractivity contribution >= 4 is 6.08 Å². The van der Waals surface area contributed by atoms with Crippen molar-refractivity contribution in [1.82, 2.24) is 0 Å². The lowest BCUT2D eigenvalue weighted by atomic mass is 9.99. The predicted molar refractivity (Wildman–Crippen MR) is 78.4 cm³/mol. The van der Waals surface area contributed by atoms with Crippen LogP contribution in [0.5, 0.6) is 5.75 Å². The van der Waals surface area contributed by atoms with E-state index < -0.39 is 18.7 Å². The van der Waals surface area contributed by atoms with Gasteiger partial charge in [-0.2, -0.15) is 22.0 Å². The summed E-state index contributed by atoms with van der Waals surface area (Å²) in [7, 11) is 0. The molecule has 0 fully saturated rings. The van der Waals surface area contributed by atoms with Gasteiger partial charge in [0.25, 0.3) is 0 Å². The van der Waals surface area contributed by atoms with Gasteiger partial charge in [0, 0.05) is 0 Å². The molecule has 0 saturated heterocycles. The van der Waals surface area contributed by atoms with Crippen molar-refractivity contribution in [2.75, 3.05) is 6.61 Å². The zero-order valence-corrected chi connectivity index (χ0v) is 12.1. The number of rotatable bonds is 5. The molecule has 6 heteroatoms. The van der Waals surface area contributed by atoms with Crippen LogP contribution in [0.4, 0.5) is 22.0 Å². The summed E-state index contributed by atoms with van der Waals surface area (Å²) in [6.45, 7) is -1.73. The monoisotopic (exact) mass is 330 g/mol. The fraction of sp³-hybridized carbons (Fsp3) is 0.294. The third-order valence-corrected chi connectivity index (χ3v) is 3.26. The first-order valence-corrected chi connectivity index (χ1v) is 6.97. The molecule has 2 rings (SSSR count). The maximum atomic E-state index is 12.7. The normalized spacial score (nSPS) is 18.6. The highest BCUT2D eigenvalue weighted by molar-refractivity contribution is 5.51. The van der Waals surface area contributed by atoms with E-state index in [1.807, 2.05) is 36.5 Å². The summed E-state index contributed by atoms with van der Waals surface area (Å²) in [5, 5.41) is 0. The van der Waals surface area contributed by atoms with Gasteiger partial charge in [-0.25, -0.2) is 0 Å². The van der Waals surface area contributed by atoms with E-state index in [0.717, 1.165) is 12.0 Å². The number of allylic oxidation sites excluding steroid dienone is 5. The highest BCUT2D eigenvalue weighted by atomic mass is 19.4. The standard InChI is InChI=1S/C17H15F5O/c18-16(19,17(20,21)22)12-23-15-10-8-14(9-11-15)7-6-13-4-2-1-3-5-13/h1-4,6-11,13H,5,12H2. The van der Waals surface area contributed by atoms with Gasteiger partial charge in [0.15, 0.2) is 6.61 Å². The molecule has 0 spiro atoms. The average Bonchev–Trinajstić information content (AvgIpc) is 2.52. The van der Waals surface area contributed by atoms with Gasteiger partial charge in [-0.05, 0) is 30.0 Å². The third kappa shape index (κ3) is 4.94. The fourth-order valence-electron chi connectivity index (χ4n) is 1.91. The molecular weight excluding hydrogens is 315 g/mol. The molecule has 124 valence electrons. The molecule has 0 amide bonds. The number of hydrogen-bond donors (Lipinski definition) is 0. The Labute approximate surface area is 130 Å². The molecule has 1 unspecified atom stereocenters. The number of hydrogen-bond acceptors (Lipinski definition) is 1. The molecule has 0 aromatic heterocycles. The summed E-state index contributed by atoms with van der Waals surface area (Å²) in [5.74, 6) is -4.61. The summed E-state index contributed by atoms with van der Waals surface area (Å²) in [6.07, 6.45) is 7.16. The lowest BCUT2D eigenvalue weighted by molar-refractivity contribution is -0.290. The Morgan fingerprint density at radius 2 is 1.74 bits per heavy atom. The molecule has 0 heterocycles. The summed E-state index contributed by atoms with van der Waals surface area (Å²) >= 11 is 0. The second-order valence-corrected chi connectivity index (χ2v) is 5.13. The quantitative estimate of drug-likeness (QED) is 0.656. The van der Waals surface area contributed by atoms with Crippen LogP contribution in [0.2, 0.25) is 0 Å². The SMILES string of the molecule is FC(F)(F)C(F)(F)COc1ccc(C=CC2C=CC=CC2)cc1. The van der Waals surface area contributed by atoms with E-state index in [0.29, 0.717) is 5.92 Å². The molecule has 1 aliphatic carbocycles. The Bertz CT molecular complexity index is 596. The Morgan fingerprint density at radius 1 is 1.04 bits per heavy atom. The van der Waals surface area contributed by atoms with Crippen LogP contribution in [0.3, 0.4) is 0 Å². The lowest BCUT2D eigenvalue weighted by Crippen LogP contribution is -2.41. The number of halogens is 5. The molecule has 0 N–H and O–H groups in total. The highest BCUT2D eigenvalue weighted by Crippen LogP contribution is 2.35. The first kappa shape index (κ1) is 17.2. The van der Waals surface area contributed by atoms with Crippen molar-refractivity contribution in [2.45, 2.75) is 18.5 Å².